The van der Waals surface area contributed by atoms with Gasteiger partial charge in [0.2, 0.25) is 0 Å². The molecule has 0 aliphatic heterocycles. The number of thiocarbonyl (C=S) groups is 1. The Balaban J connectivity index is 1.72. The van der Waals surface area contributed by atoms with E-state index in [-0.39, 0.29) is 29.6 Å². The Hall–Kier alpha value is -4.07. The largest absolute Gasteiger partial charge is 0.573 e. The molecule has 0 radical (unpaired) electrons. The van der Waals surface area contributed by atoms with E-state index < -0.39 is 28.0 Å². The average Bonchev–Trinajstić information content (AvgIpc) is 2.95. The van der Waals surface area contributed by atoms with Gasteiger partial charge in [0.25, 0.3) is 10.0 Å². The Bertz CT molecular complexity index is 1540. The number of aromatic nitrogens is 1. The van der Waals surface area contributed by atoms with E-state index >= 15 is 0 Å². The van der Waals surface area contributed by atoms with Gasteiger partial charge in [0.05, 0.1) is 18.0 Å². The third-order valence-corrected chi connectivity index (χ3v) is 7.84. The van der Waals surface area contributed by atoms with Gasteiger partial charge in [0.1, 0.15) is 11.6 Å². The van der Waals surface area contributed by atoms with Crippen molar-refractivity contribution >= 4 is 27.4 Å². The number of hydrazine groups is 1. The van der Waals surface area contributed by atoms with Crippen LogP contribution in [0.3, 0.4) is 0 Å². The predicted octanol–water partition coefficient (Wildman–Crippen LogP) is 5.80. The molecule has 0 saturated heterocycles. The summed E-state index contributed by atoms with van der Waals surface area (Å²) in [6.07, 6.45) is -1.66. The molecule has 41 heavy (non-hydrogen) atoms. The first-order valence-electron chi connectivity index (χ1n) is 12.1. The molecule has 0 unspecified atom stereocenters. The van der Waals surface area contributed by atoms with E-state index in [2.05, 4.69) is 15.0 Å². The molecule has 1 aromatic heterocycles. The number of hydrogen-bond donors (Lipinski definition) is 1. The number of nitrogens with one attached hydrogen (secondary N) is 1. The highest BCUT2D eigenvalue weighted by Gasteiger charge is 2.33. The first kappa shape index (κ1) is 29.9. The summed E-state index contributed by atoms with van der Waals surface area (Å²) < 4.78 is 84.6. The highest BCUT2D eigenvalue weighted by molar-refractivity contribution is 7.89. The summed E-state index contributed by atoms with van der Waals surface area (Å²) in [6, 6.07) is 21.5. The van der Waals surface area contributed by atoms with E-state index in [4.69, 9.17) is 12.2 Å². The van der Waals surface area contributed by atoms with Crippen molar-refractivity contribution in [3.05, 3.63) is 126 Å². The van der Waals surface area contributed by atoms with Crippen LogP contribution in [0.5, 0.6) is 5.75 Å². The summed E-state index contributed by atoms with van der Waals surface area (Å²) in [7, 11) is -4.26. The van der Waals surface area contributed by atoms with Crippen LogP contribution >= 0.6 is 12.2 Å². The second kappa shape index (κ2) is 13.1. The molecule has 0 fully saturated rings. The average molecular weight is 605 g/mol. The summed E-state index contributed by atoms with van der Waals surface area (Å²) in [6.45, 7) is -0.102. The van der Waals surface area contributed by atoms with Crippen molar-refractivity contribution in [2.45, 2.75) is 30.9 Å². The Morgan fingerprint density at radius 3 is 2.02 bits per heavy atom. The molecular formula is C28H24F4N4O3S2. The van der Waals surface area contributed by atoms with Crippen LogP contribution in [0.15, 0.2) is 108 Å². The second-order valence-electron chi connectivity index (χ2n) is 8.69. The number of nitrogens with zero attached hydrogens (tertiary/aromatic N) is 3. The maximum absolute atomic E-state index is 14.0. The Kier molecular flexibility index (Phi) is 9.53. The van der Waals surface area contributed by atoms with Crippen LogP contribution in [0.4, 0.5) is 17.6 Å². The van der Waals surface area contributed by atoms with Crippen LogP contribution in [-0.2, 0) is 29.7 Å². The molecule has 3 aromatic carbocycles. The quantitative estimate of drug-likeness (QED) is 0.139. The molecule has 0 bridgehead atoms. The van der Waals surface area contributed by atoms with Gasteiger partial charge in [0, 0.05) is 18.9 Å². The van der Waals surface area contributed by atoms with E-state index in [0.29, 0.717) is 11.1 Å². The first-order valence-corrected chi connectivity index (χ1v) is 14.0. The normalized spacial score (nSPS) is 11.7. The van der Waals surface area contributed by atoms with Crippen molar-refractivity contribution in [3.8, 4) is 5.75 Å². The minimum Gasteiger partial charge on any atom is -0.406 e. The molecule has 1 heterocycles. The van der Waals surface area contributed by atoms with Crippen LogP contribution in [0, 0.1) is 5.82 Å². The lowest BCUT2D eigenvalue weighted by Crippen LogP contribution is -2.52. The number of benzene rings is 3. The van der Waals surface area contributed by atoms with Gasteiger partial charge in [-0.1, -0.05) is 42.5 Å². The number of ether oxygens (including phenoxy) is 1. The predicted molar refractivity (Wildman–Crippen MR) is 148 cm³/mol. The Labute approximate surface area is 240 Å². The molecule has 214 valence electrons. The van der Waals surface area contributed by atoms with Gasteiger partial charge in [-0.2, -0.15) is 0 Å². The smallest absolute Gasteiger partial charge is 0.406 e. The van der Waals surface area contributed by atoms with Crippen LogP contribution < -0.4 is 10.1 Å². The molecule has 4 rings (SSSR count). The fraction of sp³-hybridized carbons (Fsp3) is 0.143. The highest BCUT2D eigenvalue weighted by Crippen LogP contribution is 2.26. The van der Waals surface area contributed by atoms with Crippen molar-refractivity contribution in [3.63, 3.8) is 0 Å². The first-order chi connectivity index (χ1) is 19.5. The van der Waals surface area contributed by atoms with Gasteiger partial charge in [-0.15, -0.1) is 17.6 Å². The lowest BCUT2D eigenvalue weighted by Gasteiger charge is -2.36. The van der Waals surface area contributed by atoms with Crippen molar-refractivity contribution in [2.75, 3.05) is 0 Å². The monoisotopic (exact) mass is 604 g/mol. The summed E-state index contributed by atoms with van der Waals surface area (Å²) in [5.74, 6) is -0.912. The standard InChI is InChI=1S/C28H24F4N4O3S2/c29-24-10-6-22(7-11-24)19-35(27(40)34-18-21-14-16-33-17-15-21)36(41(37,38)26-4-2-1-3-5-26)20-23-8-12-25(13-9-23)39-28(30,31)32/h1-17H,18-20H2,(H,34,40). The van der Waals surface area contributed by atoms with Crippen molar-refractivity contribution in [1.82, 2.24) is 19.7 Å². The minimum absolute atomic E-state index is 0.0296. The Morgan fingerprint density at radius 2 is 1.41 bits per heavy atom. The van der Waals surface area contributed by atoms with Gasteiger partial charge >= 0.3 is 6.36 Å². The zero-order valence-electron chi connectivity index (χ0n) is 21.3. The number of pyridine rings is 1. The summed E-state index contributed by atoms with van der Waals surface area (Å²) in [4.78, 5) is 3.95. The zero-order valence-corrected chi connectivity index (χ0v) is 23.0. The van der Waals surface area contributed by atoms with E-state index in [1.807, 2.05) is 0 Å². The van der Waals surface area contributed by atoms with Crippen molar-refractivity contribution in [1.29, 1.82) is 0 Å². The molecule has 0 spiro atoms. The van der Waals surface area contributed by atoms with E-state index in [9.17, 15) is 26.0 Å². The number of sulfonamides is 1. The van der Waals surface area contributed by atoms with Crippen LogP contribution in [-0.4, -0.2) is 34.3 Å². The Morgan fingerprint density at radius 1 is 0.829 bits per heavy atom. The van der Waals surface area contributed by atoms with Crippen LogP contribution in [0.25, 0.3) is 0 Å². The van der Waals surface area contributed by atoms with Crippen molar-refractivity contribution < 1.29 is 30.7 Å². The van der Waals surface area contributed by atoms with E-state index in [1.54, 1.807) is 42.7 Å². The minimum atomic E-state index is -4.87. The zero-order chi connectivity index (χ0) is 29.5. The van der Waals surface area contributed by atoms with Gasteiger partial charge in [-0.3, -0.25) is 9.99 Å². The molecule has 13 heteroatoms. The number of rotatable bonds is 10. The fourth-order valence-corrected chi connectivity index (χ4v) is 5.50. The molecule has 0 amide bonds. The molecule has 0 aliphatic carbocycles. The topological polar surface area (TPSA) is 74.8 Å². The van der Waals surface area contributed by atoms with E-state index in [0.717, 1.165) is 22.1 Å². The molecule has 4 aromatic rings. The summed E-state index contributed by atoms with van der Waals surface area (Å²) in [5, 5.41) is 4.43. The molecule has 1 N–H and O–H groups in total. The SMILES string of the molecule is O=S(=O)(c1ccccc1)N(Cc1ccc(OC(F)(F)F)cc1)N(Cc1ccc(F)cc1)C(=S)NCc1ccncc1. The third-order valence-electron chi connectivity index (χ3n) is 5.74. The van der Waals surface area contributed by atoms with Gasteiger partial charge in [-0.05, 0) is 77.4 Å². The highest BCUT2D eigenvalue weighted by atomic mass is 32.2. The van der Waals surface area contributed by atoms with Crippen LogP contribution in [0.2, 0.25) is 0 Å². The molecule has 0 aliphatic rings. The summed E-state index contributed by atoms with van der Waals surface area (Å²) in [5.41, 5.74) is 1.75. The number of alkyl halides is 3. The molecule has 0 saturated carbocycles. The molecular weight excluding hydrogens is 580 g/mol. The third kappa shape index (κ3) is 8.46. The van der Waals surface area contributed by atoms with E-state index in [1.165, 1.54) is 53.5 Å². The maximum Gasteiger partial charge on any atom is 0.573 e. The van der Waals surface area contributed by atoms with Gasteiger partial charge in [-0.25, -0.2) is 12.8 Å². The van der Waals surface area contributed by atoms with Crippen molar-refractivity contribution in [2.24, 2.45) is 0 Å². The molecule has 0 atom stereocenters. The number of hydrogen-bond acceptors (Lipinski definition) is 5. The lowest BCUT2D eigenvalue weighted by molar-refractivity contribution is -0.274. The van der Waals surface area contributed by atoms with Crippen LogP contribution in [0.1, 0.15) is 16.7 Å². The number of halogens is 4. The van der Waals surface area contributed by atoms with Gasteiger partial charge in [0.15, 0.2) is 5.11 Å². The molecule has 7 nitrogen and oxygen atoms in total. The fourth-order valence-electron chi connectivity index (χ4n) is 3.75. The lowest BCUT2D eigenvalue weighted by atomic mass is 10.2. The summed E-state index contributed by atoms with van der Waals surface area (Å²) >= 11 is 5.67. The van der Waals surface area contributed by atoms with Gasteiger partial charge < -0.3 is 10.1 Å². The maximum atomic E-state index is 14.0. The second-order valence-corrected chi connectivity index (χ2v) is 10.9.